The summed E-state index contributed by atoms with van der Waals surface area (Å²) in [5, 5.41) is 5.86. The highest BCUT2D eigenvalue weighted by molar-refractivity contribution is 5.46. The van der Waals surface area contributed by atoms with Crippen molar-refractivity contribution in [2.75, 3.05) is 0 Å². The molecule has 0 aromatic carbocycles. The first-order valence-corrected chi connectivity index (χ1v) is 3.21. The molecule has 0 fully saturated rings. The standard InChI is InChI=1S/C6H4F3N.CH4N2/c7-6(8,9)5-3-1-2-4-10-5;2-1-3/h1-4H;1H,(H3,2,3). The Morgan fingerprint density at radius 1 is 1.38 bits per heavy atom. The highest BCUT2D eigenvalue weighted by Crippen LogP contribution is 2.26. The molecule has 0 saturated carbocycles. The summed E-state index contributed by atoms with van der Waals surface area (Å²) in [6.45, 7) is 0. The topological polar surface area (TPSA) is 62.8 Å². The predicted molar refractivity (Wildman–Crippen MR) is 42.2 cm³/mol. The lowest BCUT2D eigenvalue weighted by Gasteiger charge is -2.02. The van der Waals surface area contributed by atoms with E-state index in [1.165, 1.54) is 12.1 Å². The summed E-state index contributed by atoms with van der Waals surface area (Å²) < 4.78 is 35.2. The molecule has 0 aliphatic rings. The Morgan fingerprint density at radius 2 is 1.92 bits per heavy atom. The molecule has 3 N–H and O–H groups in total. The van der Waals surface area contributed by atoms with Crippen molar-refractivity contribution in [3.05, 3.63) is 30.1 Å². The molecule has 0 atom stereocenters. The van der Waals surface area contributed by atoms with E-state index in [9.17, 15) is 13.2 Å². The van der Waals surface area contributed by atoms with Crippen LogP contribution >= 0.6 is 0 Å². The highest BCUT2D eigenvalue weighted by atomic mass is 19.4. The Morgan fingerprint density at radius 3 is 2.15 bits per heavy atom. The van der Waals surface area contributed by atoms with Gasteiger partial charge in [0.15, 0.2) is 0 Å². The summed E-state index contributed by atoms with van der Waals surface area (Å²) >= 11 is 0. The number of nitrogens with one attached hydrogen (secondary N) is 1. The smallest absolute Gasteiger partial charge is 0.390 e. The molecule has 0 radical (unpaired) electrons. The van der Waals surface area contributed by atoms with Crippen LogP contribution in [0.25, 0.3) is 0 Å². The van der Waals surface area contributed by atoms with Crippen LogP contribution in [0.2, 0.25) is 0 Å². The minimum absolute atomic E-state index is 0.750. The lowest BCUT2D eigenvalue weighted by molar-refractivity contribution is -0.141. The van der Waals surface area contributed by atoms with Gasteiger partial charge in [-0.05, 0) is 12.1 Å². The van der Waals surface area contributed by atoms with E-state index in [2.05, 4.69) is 10.7 Å². The number of nitrogens with two attached hydrogens (primary N) is 1. The number of pyridine rings is 1. The van der Waals surface area contributed by atoms with E-state index in [0.29, 0.717) is 0 Å². The molecule has 13 heavy (non-hydrogen) atoms. The molecule has 0 aliphatic carbocycles. The lowest BCUT2D eigenvalue weighted by Crippen LogP contribution is -2.06. The quantitative estimate of drug-likeness (QED) is 0.483. The van der Waals surface area contributed by atoms with Crippen LogP contribution in [0.1, 0.15) is 5.69 Å². The van der Waals surface area contributed by atoms with E-state index in [0.717, 1.165) is 18.6 Å². The average molecular weight is 191 g/mol. The third-order valence-corrected chi connectivity index (χ3v) is 0.955. The zero-order valence-electron chi connectivity index (χ0n) is 6.55. The van der Waals surface area contributed by atoms with Crippen molar-refractivity contribution in [2.24, 2.45) is 5.73 Å². The van der Waals surface area contributed by atoms with Crippen molar-refractivity contribution in [1.82, 2.24) is 4.98 Å². The Labute approximate surface area is 72.9 Å². The molecule has 3 nitrogen and oxygen atoms in total. The van der Waals surface area contributed by atoms with E-state index >= 15 is 0 Å². The van der Waals surface area contributed by atoms with Crippen LogP contribution < -0.4 is 5.73 Å². The molecule has 0 saturated heterocycles. The molecule has 0 bridgehead atoms. The molecule has 1 aromatic rings. The van der Waals surface area contributed by atoms with Gasteiger partial charge in [0.05, 0.1) is 6.34 Å². The summed E-state index contributed by atoms with van der Waals surface area (Å²) in [4.78, 5) is 3.12. The SMILES string of the molecule is FC(F)(F)c1ccccn1.N=CN. The molecule has 6 heteroatoms. The molecule has 0 amide bonds. The normalized spacial score (nSPS) is 9.77. The predicted octanol–water partition coefficient (Wildman–Crippen LogP) is 1.65. The molecule has 0 aliphatic heterocycles. The van der Waals surface area contributed by atoms with E-state index in [1.807, 2.05) is 0 Å². The molecule has 0 spiro atoms. The fourth-order valence-electron chi connectivity index (χ4n) is 0.530. The fourth-order valence-corrected chi connectivity index (χ4v) is 0.530. The Hall–Kier alpha value is -1.59. The van der Waals surface area contributed by atoms with Crippen LogP contribution in [0, 0.1) is 5.41 Å². The van der Waals surface area contributed by atoms with Gasteiger partial charge in [0.25, 0.3) is 0 Å². The van der Waals surface area contributed by atoms with Crippen molar-refractivity contribution in [2.45, 2.75) is 6.18 Å². The first-order chi connectivity index (χ1) is 6.02. The maximum absolute atomic E-state index is 11.7. The van der Waals surface area contributed by atoms with Gasteiger partial charge in [0, 0.05) is 6.20 Å². The summed E-state index contributed by atoms with van der Waals surface area (Å²) in [7, 11) is 0. The van der Waals surface area contributed by atoms with Gasteiger partial charge in [-0.2, -0.15) is 13.2 Å². The number of halogens is 3. The maximum atomic E-state index is 11.7. The third-order valence-electron chi connectivity index (χ3n) is 0.955. The van der Waals surface area contributed by atoms with Crippen molar-refractivity contribution in [3.8, 4) is 0 Å². The van der Waals surface area contributed by atoms with E-state index in [1.54, 1.807) is 0 Å². The number of hydrogen-bond donors (Lipinski definition) is 2. The van der Waals surface area contributed by atoms with Crippen molar-refractivity contribution in [3.63, 3.8) is 0 Å². The number of aromatic nitrogens is 1. The lowest BCUT2D eigenvalue weighted by atomic mass is 10.3. The van der Waals surface area contributed by atoms with Crippen molar-refractivity contribution < 1.29 is 13.2 Å². The van der Waals surface area contributed by atoms with E-state index in [-0.39, 0.29) is 0 Å². The van der Waals surface area contributed by atoms with Gasteiger partial charge in [0.1, 0.15) is 5.69 Å². The van der Waals surface area contributed by atoms with Crippen LogP contribution in [0.15, 0.2) is 24.4 Å². The van der Waals surface area contributed by atoms with Gasteiger partial charge in [-0.25, -0.2) is 0 Å². The molecular weight excluding hydrogens is 183 g/mol. The Balaban J connectivity index is 0.000000424. The molecule has 1 heterocycles. The van der Waals surface area contributed by atoms with Gasteiger partial charge in [-0.15, -0.1) is 0 Å². The fraction of sp³-hybridized carbons (Fsp3) is 0.143. The Kier molecular flexibility index (Phi) is 4.50. The van der Waals surface area contributed by atoms with Crippen LogP contribution in [0.4, 0.5) is 13.2 Å². The molecule has 1 aromatic heterocycles. The molecule has 72 valence electrons. The maximum Gasteiger partial charge on any atom is 0.433 e. The number of hydrogen-bond acceptors (Lipinski definition) is 2. The second-order valence-electron chi connectivity index (χ2n) is 1.88. The van der Waals surface area contributed by atoms with Crippen LogP contribution in [-0.2, 0) is 6.18 Å². The van der Waals surface area contributed by atoms with E-state index in [4.69, 9.17) is 5.41 Å². The minimum atomic E-state index is -4.32. The van der Waals surface area contributed by atoms with E-state index < -0.39 is 11.9 Å². The largest absolute Gasteiger partial charge is 0.433 e. The van der Waals surface area contributed by atoms with Gasteiger partial charge < -0.3 is 5.73 Å². The summed E-state index contributed by atoms with van der Waals surface area (Å²) in [6, 6.07) is 3.67. The first kappa shape index (κ1) is 11.4. The first-order valence-electron chi connectivity index (χ1n) is 3.21. The molecule has 1 rings (SSSR count). The van der Waals surface area contributed by atoms with Gasteiger partial charge >= 0.3 is 6.18 Å². The van der Waals surface area contributed by atoms with Gasteiger partial charge in [-0.1, -0.05) is 6.07 Å². The summed E-state index contributed by atoms with van der Waals surface area (Å²) in [5.41, 5.74) is 3.54. The van der Waals surface area contributed by atoms with Crippen LogP contribution in [0.5, 0.6) is 0 Å². The average Bonchev–Trinajstić information content (AvgIpc) is 2.06. The number of rotatable bonds is 0. The van der Waals surface area contributed by atoms with Crippen molar-refractivity contribution >= 4 is 6.34 Å². The van der Waals surface area contributed by atoms with Crippen molar-refractivity contribution in [1.29, 1.82) is 5.41 Å². The zero-order valence-corrected chi connectivity index (χ0v) is 6.55. The third kappa shape index (κ3) is 4.78. The van der Waals surface area contributed by atoms with Crippen LogP contribution in [-0.4, -0.2) is 11.3 Å². The molecule has 0 unspecified atom stereocenters. The number of alkyl halides is 3. The monoisotopic (exact) mass is 191 g/mol. The Bertz CT molecular complexity index is 245. The van der Waals surface area contributed by atoms with Crippen LogP contribution in [0.3, 0.4) is 0 Å². The van der Waals surface area contributed by atoms with Gasteiger partial charge in [0.2, 0.25) is 0 Å². The second-order valence-corrected chi connectivity index (χ2v) is 1.88. The zero-order chi connectivity index (χ0) is 10.3. The number of nitrogens with zero attached hydrogens (tertiary/aromatic N) is 1. The summed E-state index contributed by atoms with van der Waals surface area (Å²) in [5.74, 6) is 0. The minimum Gasteiger partial charge on any atom is -0.390 e. The van der Waals surface area contributed by atoms with Gasteiger partial charge in [-0.3, -0.25) is 10.4 Å². The second kappa shape index (κ2) is 5.13. The molecular formula is C7H8F3N3. The highest BCUT2D eigenvalue weighted by Gasteiger charge is 2.31. The summed E-state index contributed by atoms with van der Waals surface area (Å²) in [6.07, 6.45) is -2.45.